The number of ether oxygens (including phenoxy) is 4. The number of phenolic OH excluding ortho intramolecular Hbond substituents is 6. The van der Waals surface area contributed by atoms with Crippen molar-refractivity contribution in [2.24, 2.45) is 0 Å². The zero-order valence-electron chi connectivity index (χ0n) is 28.1. The maximum absolute atomic E-state index is 14.0. The molecular weight excluding hydrogens is 708 g/mol. The Morgan fingerprint density at radius 3 is 1.83 bits per heavy atom. The summed E-state index contributed by atoms with van der Waals surface area (Å²) in [7, 11) is 0. The molecular formula is C39H32O15. The number of carbonyl (C=O) groups is 2. The second-order valence-electron chi connectivity index (χ2n) is 12.1. The van der Waals surface area contributed by atoms with Crippen molar-refractivity contribution < 1.29 is 68.7 Å². The van der Waals surface area contributed by atoms with Crippen molar-refractivity contribution in [2.75, 3.05) is 0 Å². The largest absolute Gasteiger partial charge is 0.508 e. The first-order valence-electron chi connectivity index (χ1n) is 16.2. The second-order valence-corrected chi connectivity index (χ2v) is 12.1. The molecule has 0 spiro atoms. The quantitative estimate of drug-likeness (QED) is 0.0628. The first-order chi connectivity index (χ1) is 25.8. The highest BCUT2D eigenvalue weighted by molar-refractivity contribution is 5.89. The monoisotopic (exact) mass is 740 g/mol. The van der Waals surface area contributed by atoms with Gasteiger partial charge in [0.1, 0.15) is 40.1 Å². The summed E-state index contributed by atoms with van der Waals surface area (Å²) < 4.78 is 29.0. The molecule has 1 saturated heterocycles. The lowest BCUT2D eigenvalue weighted by Gasteiger charge is -2.41. The lowest BCUT2D eigenvalue weighted by Crippen LogP contribution is -2.61. The number of benzene rings is 4. The molecule has 2 heterocycles. The Hall–Kier alpha value is -6.97. The third kappa shape index (κ3) is 8.07. The summed E-state index contributed by atoms with van der Waals surface area (Å²) in [5.74, 6) is -5.21. The van der Waals surface area contributed by atoms with Crippen LogP contribution in [0, 0.1) is 0 Å². The molecule has 1 aromatic heterocycles. The van der Waals surface area contributed by atoms with E-state index in [-0.39, 0.29) is 28.4 Å². The summed E-state index contributed by atoms with van der Waals surface area (Å²) >= 11 is 0. The molecule has 7 N–H and O–H groups in total. The van der Waals surface area contributed by atoms with Gasteiger partial charge in [-0.1, -0.05) is 24.3 Å². The number of phenols is 6. The lowest BCUT2D eigenvalue weighted by atomic mass is 9.99. The zero-order valence-corrected chi connectivity index (χ0v) is 28.1. The van der Waals surface area contributed by atoms with Crippen LogP contribution in [0.5, 0.6) is 40.2 Å². The molecule has 54 heavy (non-hydrogen) atoms. The lowest BCUT2D eigenvalue weighted by molar-refractivity contribution is -0.275. The maximum Gasteiger partial charge on any atom is 0.331 e. The fraction of sp³-hybridized carbons (Fsp3) is 0.154. The van der Waals surface area contributed by atoms with E-state index in [2.05, 4.69) is 0 Å². The Bertz CT molecular complexity index is 2310. The molecule has 0 saturated carbocycles. The molecule has 0 radical (unpaired) electrons. The van der Waals surface area contributed by atoms with Gasteiger partial charge >= 0.3 is 11.9 Å². The summed E-state index contributed by atoms with van der Waals surface area (Å²) in [4.78, 5) is 40.0. The fourth-order valence-electron chi connectivity index (χ4n) is 5.57. The van der Waals surface area contributed by atoms with Crippen LogP contribution in [-0.4, -0.2) is 78.4 Å². The number of aliphatic hydroxyl groups excluding tert-OH is 1. The smallest absolute Gasteiger partial charge is 0.331 e. The van der Waals surface area contributed by atoms with Crippen LogP contribution < -0.4 is 10.2 Å². The Balaban J connectivity index is 1.37. The van der Waals surface area contributed by atoms with Crippen LogP contribution in [0.1, 0.15) is 18.1 Å². The van der Waals surface area contributed by atoms with Gasteiger partial charge in [0.15, 0.2) is 29.5 Å². The van der Waals surface area contributed by atoms with Crippen LogP contribution in [0.3, 0.4) is 0 Å². The van der Waals surface area contributed by atoms with Crippen LogP contribution >= 0.6 is 0 Å². The average Bonchev–Trinajstić information content (AvgIpc) is 3.13. The highest BCUT2D eigenvalue weighted by Gasteiger charge is 2.49. The predicted molar refractivity (Wildman–Crippen MR) is 190 cm³/mol. The molecule has 5 aromatic rings. The highest BCUT2D eigenvalue weighted by Crippen LogP contribution is 2.40. The summed E-state index contributed by atoms with van der Waals surface area (Å²) in [5.41, 5.74) is -0.274. The SMILES string of the molecule is C[C@@H]1O[C@@H](Oc2c(-c3ccc(O)c(O)c3)oc3cc(O)cc(O)c3c2=O)[C@H](OC(=O)/C=C/c2ccc(O)cc2)[C@H](O)[C@H]1OC(=O)/C=C/c1ccc(O)cc1. The van der Waals surface area contributed by atoms with Gasteiger partial charge in [0.25, 0.3) is 0 Å². The Labute approximate surface area is 305 Å². The molecule has 0 bridgehead atoms. The van der Waals surface area contributed by atoms with Gasteiger partial charge in [-0.2, -0.15) is 0 Å². The maximum atomic E-state index is 14.0. The number of hydrogen-bond acceptors (Lipinski definition) is 15. The molecule has 0 aliphatic carbocycles. The number of aliphatic hydroxyl groups is 1. The number of esters is 2. The minimum atomic E-state index is -1.84. The molecule has 1 fully saturated rings. The number of hydrogen-bond donors (Lipinski definition) is 7. The molecule has 4 aromatic carbocycles. The minimum absolute atomic E-state index is 0.00464. The molecule has 15 nitrogen and oxygen atoms in total. The summed E-state index contributed by atoms with van der Waals surface area (Å²) in [6.07, 6.45) is -3.25. The first kappa shape index (κ1) is 36.8. The van der Waals surface area contributed by atoms with Crippen LogP contribution in [0.2, 0.25) is 0 Å². The molecule has 6 rings (SSSR count). The van der Waals surface area contributed by atoms with E-state index in [9.17, 15) is 50.1 Å². The molecule has 1 aliphatic heterocycles. The van der Waals surface area contributed by atoms with Gasteiger partial charge in [-0.15, -0.1) is 0 Å². The first-order valence-corrected chi connectivity index (χ1v) is 16.2. The van der Waals surface area contributed by atoms with Gasteiger partial charge < -0.3 is 59.1 Å². The Morgan fingerprint density at radius 2 is 1.26 bits per heavy atom. The summed E-state index contributed by atoms with van der Waals surface area (Å²) in [5, 5.41) is 71.1. The fourth-order valence-corrected chi connectivity index (χ4v) is 5.57. The molecule has 5 atom stereocenters. The van der Waals surface area contributed by atoms with Crippen molar-refractivity contribution in [3.8, 4) is 51.6 Å². The Kier molecular flexibility index (Phi) is 10.4. The van der Waals surface area contributed by atoms with Gasteiger partial charge in [-0.25, -0.2) is 9.59 Å². The molecule has 0 unspecified atom stereocenters. The van der Waals surface area contributed by atoms with Crippen LogP contribution in [0.4, 0.5) is 0 Å². The second kappa shape index (κ2) is 15.3. The molecule has 0 amide bonds. The van der Waals surface area contributed by atoms with Crippen molar-refractivity contribution in [3.63, 3.8) is 0 Å². The van der Waals surface area contributed by atoms with Gasteiger partial charge in [0, 0.05) is 29.8 Å². The highest BCUT2D eigenvalue weighted by atomic mass is 16.7. The van der Waals surface area contributed by atoms with Gasteiger partial charge in [0.2, 0.25) is 17.5 Å². The van der Waals surface area contributed by atoms with Crippen LogP contribution in [-0.2, 0) is 23.8 Å². The summed E-state index contributed by atoms with van der Waals surface area (Å²) in [6.45, 7) is 1.42. The number of fused-ring (bicyclic) bond motifs is 1. The topological polar surface area (TPSA) is 243 Å². The normalized spacial score (nSPS) is 19.9. The van der Waals surface area contributed by atoms with Gasteiger partial charge in [-0.05, 0) is 72.7 Å². The van der Waals surface area contributed by atoms with Gasteiger partial charge in [-0.3, -0.25) is 4.79 Å². The van der Waals surface area contributed by atoms with Crippen LogP contribution in [0.25, 0.3) is 34.4 Å². The number of carbonyl (C=O) groups excluding carboxylic acids is 2. The van der Waals surface area contributed by atoms with E-state index in [1.54, 1.807) is 12.1 Å². The van der Waals surface area contributed by atoms with Crippen molar-refractivity contribution in [1.29, 1.82) is 0 Å². The molecule has 278 valence electrons. The number of aromatic hydroxyl groups is 6. The van der Waals surface area contributed by atoms with E-state index in [4.69, 9.17) is 23.4 Å². The third-order valence-corrected chi connectivity index (χ3v) is 8.26. The van der Waals surface area contributed by atoms with Gasteiger partial charge in [0.05, 0.1) is 6.10 Å². The average molecular weight is 741 g/mol. The van der Waals surface area contributed by atoms with E-state index in [1.165, 1.54) is 61.5 Å². The van der Waals surface area contributed by atoms with E-state index < -0.39 is 82.2 Å². The van der Waals surface area contributed by atoms with Crippen LogP contribution in [0.15, 0.2) is 100 Å². The van der Waals surface area contributed by atoms with Crippen molar-refractivity contribution in [1.82, 2.24) is 0 Å². The third-order valence-electron chi connectivity index (χ3n) is 8.26. The van der Waals surface area contributed by atoms with Crippen molar-refractivity contribution in [2.45, 2.75) is 37.6 Å². The summed E-state index contributed by atoms with van der Waals surface area (Å²) in [6, 6.07) is 17.1. The zero-order chi connectivity index (χ0) is 38.7. The van der Waals surface area contributed by atoms with E-state index >= 15 is 0 Å². The van der Waals surface area contributed by atoms with E-state index in [1.807, 2.05) is 0 Å². The number of rotatable bonds is 9. The van der Waals surface area contributed by atoms with Crippen molar-refractivity contribution >= 4 is 35.1 Å². The standard InChI is InChI=1S/C39H32O15/c1-19-35(52-30(46)14-6-20-2-9-23(40)10-3-20)34(49)38(53-31(47)15-7-21-4-11-24(41)12-5-21)39(50-19)54-37-33(48)32-28(45)17-25(42)18-29(32)51-36(37)22-8-13-26(43)27(44)16-22/h2-19,34-35,38-45,49H,1H3/b14-6+,15-7+/t19-,34+,35-,38+,39-/m0/s1. The minimum Gasteiger partial charge on any atom is -0.508 e. The Morgan fingerprint density at radius 1 is 0.685 bits per heavy atom. The van der Waals surface area contributed by atoms with Crippen molar-refractivity contribution in [3.05, 3.63) is 112 Å². The molecule has 1 aliphatic rings. The molecule has 15 heteroatoms. The van der Waals surface area contributed by atoms with E-state index in [0.29, 0.717) is 11.1 Å². The predicted octanol–water partition coefficient (Wildman–Crippen LogP) is 4.43. The van der Waals surface area contributed by atoms with E-state index in [0.717, 1.165) is 36.4 Å².